The van der Waals surface area contributed by atoms with E-state index in [1.54, 1.807) is 6.07 Å². The van der Waals surface area contributed by atoms with Crippen LogP contribution in [0.2, 0.25) is 5.02 Å². The Morgan fingerprint density at radius 2 is 1.89 bits per heavy atom. The van der Waals surface area contributed by atoms with Crippen LogP contribution in [-0.2, 0) is 17.5 Å². The van der Waals surface area contributed by atoms with Crippen LogP contribution in [0.3, 0.4) is 0 Å². The molecule has 9 nitrogen and oxygen atoms in total. The zero-order valence-electron chi connectivity index (χ0n) is 17.9. The van der Waals surface area contributed by atoms with Crippen LogP contribution in [0, 0.1) is 0 Å². The van der Waals surface area contributed by atoms with Crippen LogP contribution in [0.5, 0.6) is 0 Å². The summed E-state index contributed by atoms with van der Waals surface area (Å²) >= 11 is 6.60. The SMILES string of the molecule is O=C(NCc1ncc(C(=O)Nc2ccc(Cl)c(C(F)(F)F)c2)s1)c1cc(N2CCOCC2)ncn1. The predicted octanol–water partition coefficient (Wildman–Crippen LogP) is 3.62. The lowest BCUT2D eigenvalue weighted by molar-refractivity contribution is -0.137. The van der Waals surface area contributed by atoms with Gasteiger partial charge in [0.05, 0.1) is 36.5 Å². The fraction of sp³-hybridized carbons (Fsp3) is 0.286. The van der Waals surface area contributed by atoms with Crippen molar-refractivity contribution in [3.8, 4) is 0 Å². The first-order valence-corrected chi connectivity index (χ1v) is 11.5. The fourth-order valence-corrected chi connectivity index (χ4v) is 4.17. The average molecular weight is 527 g/mol. The first kappa shape index (κ1) is 24.8. The molecule has 4 rings (SSSR count). The lowest BCUT2D eigenvalue weighted by Crippen LogP contribution is -2.37. The largest absolute Gasteiger partial charge is 0.417 e. The number of hydrogen-bond acceptors (Lipinski definition) is 8. The van der Waals surface area contributed by atoms with Crippen molar-refractivity contribution in [3.05, 3.63) is 63.0 Å². The number of benzene rings is 1. The third-order valence-electron chi connectivity index (χ3n) is 4.93. The van der Waals surface area contributed by atoms with Crippen LogP contribution in [0.1, 0.15) is 30.7 Å². The molecule has 2 N–H and O–H groups in total. The molecule has 0 unspecified atom stereocenters. The number of halogens is 4. The van der Waals surface area contributed by atoms with Gasteiger partial charge in [0, 0.05) is 24.8 Å². The molecule has 1 aromatic carbocycles. The summed E-state index contributed by atoms with van der Waals surface area (Å²) in [7, 11) is 0. The van der Waals surface area contributed by atoms with E-state index < -0.39 is 28.6 Å². The summed E-state index contributed by atoms with van der Waals surface area (Å²) in [6.45, 7) is 2.51. The number of thiazole rings is 1. The lowest BCUT2D eigenvalue weighted by Gasteiger charge is -2.27. The van der Waals surface area contributed by atoms with Crippen molar-refractivity contribution in [2.75, 3.05) is 36.5 Å². The minimum atomic E-state index is -4.65. The van der Waals surface area contributed by atoms with Crippen LogP contribution in [0.4, 0.5) is 24.7 Å². The zero-order chi connectivity index (χ0) is 25.0. The van der Waals surface area contributed by atoms with Crippen molar-refractivity contribution < 1.29 is 27.5 Å². The highest BCUT2D eigenvalue weighted by molar-refractivity contribution is 7.13. The van der Waals surface area contributed by atoms with Gasteiger partial charge in [-0.15, -0.1) is 11.3 Å². The van der Waals surface area contributed by atoms with Gasteiger partial charge >= 0.3 is 6.18 Å². The first-order valence-electron chi connectivity index (χ1n) is 10.3. The van der Waals surface area contributed by atoms with Gasteiger partial charge in [-0.25, -0.2) is 15.0 Å². The standard InChI is InChI=1S/C21H18ClF3N6O3S/c22-14-2-1-12(7-13(14)21(23,24)25)30-20(33)16-9-26-18(35-16)10-27-19(32)15-8-17(29-11-28-15)31-3-5-34-6-4-31/h1-2,7-9,11H,3-6,10H2,(H,27,32)(H,30,33). The van der Waals surface area contributed by atoms with Crippen molar-refractivity contribution in [3.63, 3.8) is 0 Å². The van der Waals surface area contributed by atoms with Gasteiger partial charge in [0.2, 0.25) is 0 Å². The molecule has 0 saturated carbocycles. The molecule has 3 heterocycles. The first-order chi connectivity index (χ1) is 16.7. The maximum absolute atomic E-state index is 13.0. The van der Waals surface area contributed by atoms with Gasteiger partial charge in [0.15, 0.2) is 0 Å². The summed E-state index contributed by atoms with van der Waals surface area (Å²) in [4.78, 5) is 39.4. The number of rotatable bonds is 6. The van der Waals surface area contributed by atoms with Gasteiger partial charge in [0.25, 0.3) is 11.8 Å². The van der Waals surface area contributed by atoms with E-state index in [-0.39, 0.29) is 22.8 Å². The van der Waals surface area contributed by atoms with Gasteiger partial charge < -0.3 is 20.3 Å². The van der Waals surface area contributed by atoms with Gasteiger partial charge in [-0.05, 0) is 18.2 Å². The third kappa shape index (κ3) is 6.24. The van der Waals surface area contributed by atoms with Crippen LogP contribution < -0.4 is 15.5 Å². The molecular weight excluding hydrogens is 509 g/mol. The van der Waals surface area contributed by atoms with Crippen molar-refractivity contribution in [2.24, 2.45) is 0 Å². The Labute approximate surface area is 206 Å². The highest BCUT2D eigenvalue weighted by atomic mass is 35.5. The van der Waals surface area contributed by atoms with E-state index >= 15 is 0 Å². The number of carbonyl (C=O) groups excluding carboxylic acids is 2. The summed E-state index contributed by atoms with van der Waals surface area (Å²) in [6.07, 6.45) is -2.06. The van der Waals surface area contributed by atoms with E-state index in [0.29, 0.717) is 37.1 Å². The van der Waals surface area contributed by atoms with E-state index in [9.17, 15) is 22.8 Å². The van der Waals surface area contributed by atoms with Crippen molar-refractivity contribution >= 4 is 46.3 Å². The Kier molecular flexibility index (Phi) is 7.48. The smallest absolute Gasteiger partial charge is 0.378 e. The number of aromatic nitrogens is 3. The molecule has 3 aromatic rings. The van der Waals surface area contributed by atoms with E-state index in [4.69, 9.17) is 16.3 Å². The van der Waals surface area contributed by atoms with E-state index in [1.807, 2.05) is 4.90 Å². The molecule has 2 amide bonds. The van der Waals surface area contributed by atoms with Gasteiger partial charge in [-0.2, -0.15) is 13.2 Å². The summed E-state index contributed by atoms with van der Waals surface area (Å²) in [6, 6.07) is 4.67. The Morgan fingerprint density at radius 3 is 2.63 bits per heavy atom. The number of amides is 2. The Morgan fingerprint density at radius 1 is 1.11 bits per heavy atom. The minimum absolute atomic E-state index is 0.0346. The number of alkyl halides is 3. The molecule has 1 saturated heterocycles. The molecule has 0 aliphatic carbocycles. The lowest BCUT2D eigenvalue weighted by atomic mass is 10.2. The molecule has 1 fully saturated rings. The number of carbonyl (C=O) groups is 2. The molecule has 0 radical (unpaired) electrons. The quantitative estimate of drug-likeness (QED) is 0.505. The van der Waals surface area contributed by atoms with Crippen molar-refractivity contribution in [1.29, 1.82) is 0 Å². The molecule has 14 heteroatoms. The Bertz CT molecular complexity index is 1230. The highest BCUT2D eigenvalue weighted by Crippen LogP contribution is 2.36. The minimum Gasteiger partial charge on any atom is -0.378 e. The average Bonchev–Trinajstić information content (AvgIpc) is 3.33. The molecule has 0 spiro atoms. The summed E-state index contributed by atoms with van der Waals surface area (Å²) in [5, 5.41) is 5.04. The van der Waals surface area contributed by atoms with Gasteiger partial charge in [0.1, 0.15) is 27.7 Å². The van der Waals surface area contributed by atoms with Crippen LogP contribution in [-0.4, -0.2) is 53.1 Å². The number of ether oxygens (including phenoxy) is 1. The molecular formula is C21H18ClF3N6O3S. The highest BCUT2D eigenvalue weighted by Gasteiger charge is 2.33. The fourth-order valence-electron chi connectivity index (χ4n) is 3.19. The number of anilines is 2. The zero-order valence-corrected chi connectivity index (χ0v) is 19.5. The number of nitrogens with zero attached hydrogens (tertiary/aromatic N) is 4. The second-order valence-electron chi connectivity index (χ2n) is 7.31. The van der Waals surface area contributed by atoms with E-state index in [2.05, 4.69) is 25.6 Å². The molecule has 0 bridgehead atoms. The summed E-state index contributed by atoms with van der Waals surface area (Å²) in [5.74, 6) is -0.456. The maximum atomic E-state index is 13.0. The number of morpholine rings is 1. The van der Waals surface area contributed by atoms with E-state index in [0.717, 1.165) is 23.5 Å². The Balaban J connectivity index is 1.35. The molecule has 184 valence electrons. The summed E-state index contributed by atoms with van der Waals surface area (Å²) < 4.78 is 44.4. The number of hydrogen-bond donors (Lipinski definition) is 2. The van der Waals surface area contributed by atoms with E-state index in [1.165, 1.54) is 18.6 Å². The second-order valence-corrected chi connectivity index (χ2v) is 8.83. The van der Waals surface area contributed by atoms with Crippen LogP contribution in [0.15, 0.2) is 36.8 Å². The normalized spacial score (nSPS) is 14.0. The molecule has 1 aliphatic heterocycles. The van der Waals surface area contributed by atoms with Crippen LogP contribution in [0.25, 0.3) is 0 Å². The monoisotopic (exact) mass is 526 g/mol. The molecule has 0 atom stereocenters. The predicted molar refractivity (Wildman–Crippen MR) is 123 cm³/mol. The topological polar surface area (TPSA) is 109 Å². The molecule has 2 aromatic heterocycles. The second kappa shape index (κ2) is 10.5. The summed E-state index contributed by atoms with van der Waals surface area (Å²) in [5.41, 5.74) is -0.930. The van der Waals surface area contributed by atoms with Crippen LogP contribution >= 0.6 is 22.9 Å². The van der Waals surface area contributed by atoms with Gasteiger partial charge in [-0.3, -0.25) is 9.59 Å². The third-order valence-corrected chi connectivity index (χ3v) is 6.25. The molecule has 1 aliphatic rings. The molecule has 35 heavy (non-hydrogen) atoms. The number of nitrogens with one attached hydrogen (secondary N) is 2. The van der Waals surface area contributed by atoms with Gasteiger partial charge in [-0.1, -0.05) is 11.6 Å². The Hall–Kier alpha value is -3.29. The maximum Gasteiger partial charge on any atom is 0.417 e. The van der Waals surface area contributed by atoms with Crippen molar-refractivity contribution in [2.45, 2.75) is 12.7 Å². The van der Waals surface area contributed by atoms with Crippen molar-refractivity contribution in [1.82, 2.24) is 20.3 Å².